The van der Waals surface area contributed by atoms with Crippen molar-refractivity contribution < 1.29 is 0 Å². The third kappa shape index (κ3) is 5.86. The molecule has 0 fully saturated rings. The van der Waals surface area contributed by atoms with Crippen LogP contribution in [0.15, 0.2) is 164 Å². The molecule has 1 aliphatic carbocycles. The average Bonchev–Trinajstić information content (AvgIpc) is 3.80. The first-order valence-electron chi connectivity index (χ1n) is 24.0. The minimum atomic E-state index is -0.137. The van der Waals surface area contributed by atoms with E-state index < -0.39 is 0 Å². The Morgan fingerprint density at radius 1 is 0.484 bits per heavy atom. The van der Waals surface area contributed by atoms with Gasteiger partial charge in [-0.1, -0.05) is 175 Å². The van der Waals surface area contributed by atoms with Gasteiger partial charge >= 0.3 is 6.85 Å². The zero-order valence-electron chi connectivity index (χ0n) is 37.7. The molecule has 312 valence electrons. The quantitative estimate of drug-likeness (QED) is 0.0931. The number of aryl methyl sites for hydroxylation is 2. The summed E-state index contributed by atoms with van der Waals surface area (Å²) in [4.78, 5) is 2.74. The molecular weight excluding hydrogens is 771 g/mol. The van der Waals surface area contributed by atoms with Crippen LogP contribution in [0.25, 0.3) is 72.0 Å². The van der Waals surface area contributed by atoms with Crippen LogP contribution in [0.4, 0.5) is 11.4 Å². The van der Waals surface area contributed by atoms with Gasteiger partial charge < -0.3 is 9.38 Å². The number of para-hydroxylation sites is 1. The maximum atomic E-state index is 2.74. The molecule has 2 nitrogen and oxygen atoms in total. The lowest BCUT2D eigenvalue weighted by Gasteiger charge is -2.43. The average molecular weight is 827 g/mol. The fourth-order valence-electron chi connectivity index (χ4n) is 11.9. The SMILES string of the molecule is CCCCCc1ccc(N2B3c4cc(CCCCC)ccc4-n4c5ccccc5c5c(-c6ccccc6-c6ccccc6)cc(c3c54)-c3cc4c(cc32)-c2ccccc2C4(C)C)cc1. The normalized spacial score (nSPS) is 13.9. The first kappa shape index (κ1) is 39.0. The van der Waals surface area contributed by atoms with Gasteiger partial charge in [-0.15, -0.1) is 0 Å². The van der Waals surface area contributed by atoms with Crippen molar-refractivity contribution >= 4 is 51.0 Å². The molecule has 0 saturated heterocycles. The Kier molecular flexibility index (Phi) is 9.34. The number of hydrogen-bond donors (Lipinski definition) is 0. The van der Waals surface area contributed by atoms with Crippen LogP contribution in [0, 0.1) is 0 Å². The molecule has 8 aromatic carbocycles. The minimum Gasteiger partial charge on any atom is -0.376 e. The van der Waals surface area contributed by atoms with Crippen LogP contribution in [0.2, 0.25) is 0 Å². The van der Waals surface area contributed by atoms with E-state index >= 15 is 0 Å². The van der Waals surface area contributed by atoms with Gasteiger partial charge in [0.05, 0.1) is 11.0 Å². The molecule has 0 unspecified atom stereocenters. The number of nitrogens with zero attached hydrogens (tertiary/aromatic N) is 2. The molecule has 0 amide bonds. The van der Waals surface area contributed by atoms with Crippen LogP contribution >= 0.6 is 0 Å². The van der Waals surface area contributed by atoms with E-state index in [4.69, 9.17) is 0 Å². The topological polar surface area (TPSA) is 8.17 Å². The van der Waals surface area contributed by atoms with Gasteiger partial charge in [0.1, 0.15) is 0 Å². The van der Waals surface area contributed by atoms with E-state index in [1.165, 1.54) is 155 Å². The Balaban J connectivity index is 1.22. The fraction of sp³-hybridized carbons (Fsp3) is 0.213. The van der Waals surface area contributed by atoms with Gasteiger partial charge in [-0.05, 0) is 140 Å². The Morgan fingerprint density at radius 2 is 1.16 bits per heavy atom. The second-order valence-electron chi connectivity index (χ2n) is 19.2. The van der Waals surface area contributed by atoms with Gasteiger partial charge in [0.25, 0.3) is 0 Å². The lowest BCUT2D eigenvalue weighted by molar-refractivity contribution is 0.660. The molecule has 3 aliphatic rings. The van der Waals surface area contributed by atoms with Crippen molar-refractivity contribution in [3.05, 3.63) is 186 Å². The lowest BCUT2D eigenvalue weighted by Crippen LogP contribution is -2.60. The van der Waals surface area contributed by atoms with Crippen molar-refractivity contribution in [2.45, 2.75) is 84.5 Å². The molecule has 0 spiro atoms. The number of hydrogen-bond acceptors (Lipinski definition) is 1. The van der Waals surface area contributed by atoms with E-state index in [0.717, 1.165) is 12.8 Å². The second kappa shape index (κ2) is 15.3. The largest absolute Gasteiger partial charge is 0.376 e. The van der Waals surface area contributed by atoms with E-state index in [0.29, 0.717) is 0 Å². The summed E-state index contributed by atoms with van der Waals surface area (Å²) in [5.74, 6) is 0. The monoisotopic (exact) mass is 826 g/mol. The number of fused-ring (bicyclic) bond motifs is 11. The molecule has 0 radical (unpaired) electrons. The van der Waals surface area contributed by atoms with Crippen LogP contribution in [0.5, 0.6) is 0 Å². The first-order valence-corrected chi connectivity index (χ1v) is 24.0. The van der Waals surface area contributed by atoms with Crippen LogP contribution in [-0.2, 0) is 18.3 Å². The predicted molar refractivity (Wildman–Crippen MR) is 275 cm³/mol. The highest BCUT2D eigenvalue weighted by Crippen LogP contribution is 2.55. The van der Waals surface area contributed by atoms with Gasteiger partial charge in [0.15, 0.2) is 0 Å². The van der Waals surface area contributed by atoms with Crippen molar-refractivity contribution in [3.8, 4) is 50.2 Å². The molecule has 3 heteroatoms. The Hall–Kier alpha value is -6.58. The summed E-state index contributed by atoms with van der Waals surface area (Å²) >= 11 is 0. The summed E-state index contributed by atoms with van der Waals surface area (Å²) in [5, 5.41) is 2.64. The van der Waals surface area contributed by atoms with E-state index in [-0.39, 0.29) is 12.3 Å². The third-order valence-electron chi connectivity index (χ3n) is 15.0. The molecule has 3 heterocycles. The molecule has 12 rings (SSSR count). The van der Waals surface area contributed by atoms with Gasteiger partial charge in [-0.2, -0.15) is 0 Å². The van der Waals surface area contributed by atoms with E-state index in [1.807, 2.05) is 0 Å². The molecular formula is C61H55BN2. The summed E-state index contributed by atoms with van der Waals surface area (Å²) in [6, 6.07) is 63.3. The van der Waals surface area contributed by atoms with Crippen molar-refractivity contribution in [2.24, 2.45) is 0 Å². The van der Waals surface area contributed by atoms with Crippen molar-refractivity contribution in [1.29, 1.82) is 0 Å². The van der Waals surface area contributed by atoms with Crippen molar-refractivity contribution in [2.75, 3.05) is 4.81 Å². The smallest absolute Gasteiger partial charge is 0.333 e. The lowest BCUT2D eigenvalue weighted by atomic mass is 9.43. The fourth-order valence-corrected chi connectivity index (χ4v) is 11.9. The Morgan fingerprint density at radius 3 is 1.94 bits per heavy atom. The van der Waals surface area contributed by atoms with Gasteiger partial charge in [0, 0.05) is 38.8 Å². The van der Waals surface area contributed by atoms with E-state index in [1.54, 1.807) is 0 Å². The highest BCUT2D eigenvalue weighted by molar-refractivity contribution is 6.93. The van der Waals surface area contributed by atoms with E-state index in [9.17, 15) is 0 Å². The zero-order chi connectivity index (χ0) is 43.1. The summed E-state index contributed by atoms with van der Waals surface area (Å²) in [7, 11) is 0. The minimum absolute atomic E-state index is 0.0324. The van der Waals surface area contributed by atoms with Crippen LogP contribution in [-0.4, -0.2) is 11.4 Å². The molecule has 9 aromatic rings. The first-order chi connectivity index (χ1) is 31.5. The number of anilines is 2. The van der Waals surface area contributed by atoms with Crippen LogP contribution in [0.3, 0.4) is 0 Å². The highest BCUT2D eigenvalue weighted by atomic mass is 15.1. The molecule has 0 N–H and O–H groups in total. The van der Waals surface area contributed by atoms with E-state index in [2.05, 4.69) is 201 Å². The number of unbranched alkanes of at least 4 members (excludes halogenated alkanes) is 4. The molecule has 2 aliphatic heterocycles. The van der Waals surface area contributed by atoms with Crippen molar-refractivity contribution in [3.63, 3.8) is 0 Å². The number of aromatic nitrogens is 1. The number of rotatable bonds is 11. The molecule has 0 atom stereocenters. The van der Waals surface area contributed by atoms with Gasteiger partial charge in [-0.3, -0.25) is 0 Å². The summed E-state index contributed by atoms with van der Waals surface area (Å²) in [6.45, 7) is 9.42. The predicted octanol–water partition coefficient (Wildman–Crippen LogP) is 15.1. The van der Waals surface area contributed by atoms with Gasteiger partial charge in [0.2, 0.25) is 0 Å². The standard InChI is InChI=1S/C61H55BN2/c1-5-7-10-20-40-30-33-43(34-31-40)64-57-39-48-46-26-16-18-28-52(46)61(3,4)53(48)38-49(57)51-37-50(45-25-15-14-24-44(45)42-22-12-9-13-23-42)58-47-27-17-19-29-55(47)63-56-35-32-41(21-11-8-6-2)36-54(56)62(64)59(51)60(58)63/h9,12-19,22-39H,5-8,10-11,20-21H2,1-4H3. The molecule has 0 bridgehead atoms. The summed E-state index contributed by atoms with van der Waals surface area (Å²) < 4.78 is 2.65. The molecule has 64 heavy (non-hydrogen) atoms. The summed E-state index contributed by atoms with van der Waals surface area (Å²) in [6.07, 6.45) is 9.61. The molecule has 1 aromatic heterocycles. The molecule has 0 saturated carbocycles. The third-order valence-corrected chi connectivity index (χ3v) is 15.0. The van der Waals surface area contributed by atoms with Gasteiger partial charge in [-0.25, -0.2) is 0 Å². The zero-order valence-corrected chi connectivity index (χ0v) is 37.7. The number of benzene rings is 8. The highest BCUT2D eigenvalue weighted by Gasteiger charge is 2.46. The van der Waals surface area contributed by atoms with Crippen LogP contribution in [0.1, 0.15) is 88.5 Å². The maximum absolute atomic E-state index is 2.74. The van der Waals surface area contributed by atoms with Crippen LogP contribution < -0.4 is 15.7 Å². The second-order valence-corrected chi connectivity index (χ2v) is 19.2. The Labute approximate surface area is 379 Å². The summed E-state index contributed by atoms with van der Waals surface area (Å²) in [5.41, 5.74) is 25.2. The maximum Gasteiger partial charge on any atom is 0.333 e. The Bertz CT molecular complexity index is 3280. The van der Waals surface area contributed by atoms with Crippen molar-refractivity contribution in [1.82, 2.24) is 4.57 Å².